The van der Waals surface area contributed by atoms with Crippen molar-refractivity contribution in [2.75, 3.05) is 33.3 Å². The van der Waals surface area contributed by atoms with Crippen LogP contribution in [0.15, 0.2) is 5.11 Å². The van der Waals surface area contributed by atoms with Crippen LogP contribution in [-0.2, 0) is 33.3 Å². The summed E-state index contributed by atoms with van der Waals surface area (Å²) in [5.74, 6) is -3.35. The Morgan fingerprint density at radius 3 is 2.50 bits per heavy atom. The number of ether oxygens (including phenoxy) is 5. The van der Waals surface area contributed by atoms with Gasteiger partial charge in [0.1, 0.15) is 18.1 Å². The lowest BCUT2D eigenvalue weighted by Crippen LogP contribution is -2.62. The quantitative estimate of drug-likeness (QED) is 0.0605. The molecular formula is C34H61N7O9. The summed E-state index contributed by atoms with van der Waals surface area (Å²) < 4.78 is 30.8. The van der Waals surface area contributed by atoms with Crippen LogP contribution in [0.2, 0.25) is 0 Å². The third-order valence-electron chi connectivity index (χ3n) is 10.8. The van der Waals surface area contributed by atoms with Crippen molar-refractivity contribution in [3.8, 4) is 0 Å². The van der Waals surface area contributed by atoms with E-state index in [1.54, 1.807) is 25.9 Å². The van der Waals surface area contributed by atoms with Crippen molar-refractivity contribution in [3.05, 3.63) is 10.4 Å². The van der Waals surface area contributed by atoms with Crippen LogP contribution < -0.4 is 16.8 Å². The number of nitrogens with one attached hydrogen (secondary N) is 1. The molecule has 0 aromatic carbocycles. The molecular weight excluding hydrogens is 650 g/mol. The summed E-state index contributed by atoms with van der Waals surface area (Å²) in [5.41, 5.74) is 18.7. The summed E-state index contributed by atoms with van der Waals surface area (Å²) in [6.45, 7) is 13.9. The first-order valence-electron chi connectivity index (χ1n) is 18.1. The molecule has 0 radical (unpaired) electrons. The molecule has 3 heterocycles. The minimum atomic E-state index is -1.28. The molecule has 3 rings (SSSR count). The molecule has 0 bridgehead atoms. The number of hydrogen-bond donors (Lipinski definition) is 4. The Balaban J connectivity index is 2.07. The van der Waals surface area contributed by atoms with Gasteiger partial charge in [0.2, 0.25) is 0 Å². The first-order valence-corrected chi connectivity index (χ1v) is 18.1. The molecule has 3 aliphatic heterocycles. The standard InChI is InChI=1S/C34H61N7O9/c1-9-25-34(7)28(41(32(45)50-34)15-11-10-14-39-40-37)24(12-13-35)38-18-19(2)17-33(6,46-8)29(21(4)26(42)22(5)30(44)48-25)49-31-27(43)23(36)16-20(3)47-31/h19-25,27-29,31,38,43H,9-18,35-36H2,1-8H3/t19-,20?,21+,22-,23?,24-,25-,27?,28-,29-,31+,33-,34-/m1/s1. The number of esters is 1. The maximum Gasteiger partial charge on any atom is 0.410 e. The van der Waals surface area contributed by atoms with Crippen molar-refractivity contribution >= 4 is 17.8 Å². The summed E-state index contributed by atoms with van der Waals surface area (Å²) in [4.78, 5) is 46.0. The normalized spacial score (nSPS) is 40.6. The molecule has 3 unspecified atom stereocenters. The molecule has 286 valence electrons. The van der Waals surface area contributed by atoms with Crippen LogP contribution >= 0.6 is 0 Å². The van der Waals surface area contributed by atoms with Crippen molar-refractivity contribution < 1.29 is 43.2 Å². The van der Waals surface area contributed by atoms with E-state index in [-0.39, 0.29) is 18.1 Å². The van der Waals surface area contributed by atoms with Crippen LogP contribution in [0.1, 0.15) is 87.0 Å². The van der Waals surface area contributed by atoms with Crippen LogP contribution in [0.25, 0.3) is 10.4 Å². The number of methoxy groups -OCH3 is 1. The highest BCUT2D eigenvalue weighted by Gasteiger charge is 2.59. The zero-order chi connectivity index (χ0) is 37.4. The molecule has 3 fully saturated rings. The summed E-state index contributed by atoms with van der Waals surface area (Å²) in [6.07, 6.45) is -2.15. The van der Waals surface area contributed by atoms with E-state index in [0.29, 0.717) is 64.7 Å². The molecule has 3 aliphatic rings. The van der Waals surface area contributed by atoms with Gasteiger partial charge in [-0.25, -0.2) is 4.79 Å². The van der Waals surface area contributed by atoms with Crippen LogP contribution in [0.3, 0.4) is 0 Å². The number of ketones is 1. The zero-order valence-electron chi connectivity index (χ0n) is 31.1. The molecule has 0 spiro atoms. The average molecular weight is 712 g/mol. The van der Waals surface area contributed by atoms with Crippen molar-refractivity contribution in [2.45, 2.75) is 147 Å². The fraction of sp³-hybridized carbons (Fsp3) is 0.912. The molecule has 16 heteroatoms. The van der Waals surface area contributed by atoms with Gasteiger partial charge in [0.25, 0.3) is 0 Å². The number of hydrogen-bond acceptors (Lipinski definition) is 13. The van der Waals surface area contributed by atoms with Gasteiger partial charge in [0.05, 0.1) is 23.9 Å². The number of unbranched alkanes of at least 4 members (excludes halogenated alkanes) is 1. The zero-order valence-corrected chi connectivity index (χ0v) is 31.1. The summed E-state index contributed by atoms with van der Waals surface area (Å²) in [7, 11) is 1.54. The molecule has 50 heavy (non-hydrogen) atoms. The maximum atomic E-state index is 14.2. The lowest BCUT2D eigenvalue weighted by atomic mass is 9.78. The molecule has 16 nitrogen and oxygen atoms in total. The number of amides is 1. The number of aliphatic hydroxyl groups is 1. The van der Waals surface area contributed by atoms with E-state index in [4.69, 9.17) is 40.7 Å². The number of azide groups is 1. The summed E-state index contributed by atoms with van der Waals surface area (Å²) in [5, 5.41) is 18.2. The fourth-order valence-electron chi connectivity index (χ4n) is 7.97. The van der Waals surface area contributed by atoms with Gasteiger partial charge in [0.15, 0.2) is 17.7 Å². The van der Waals surface area contributed by atoms with Gasteiger partial charge in [-0.1, -0.05) is 25.9 Å². The number of rotatable bonds is 11. The second-order valence-electron chi connectivity index (χ2n) is 14.8. The second kappa shape index (κ2) is 18.3. The molecule has 3 saturated heterocycles. The topological polar surface area (TPSA) is 234 Å². The Labute approximate surface area is 296 Å². The Kier molecular flexibility index (Phi) is 15.3. The highest BCUT2D eigenvalue weighted by molar-refractivity contribution is 6.00. The van der Waals surface area contributed by atoms with E-state index in [9.17, 15) is 19.5 Å². The minimum absolute atomic E-state index is 0.0593. The summed E-state index contributed by atoms with van der Waals surface area (Å²) in [6, 6.07) is -1.53. The highest BCUT2D eigenvalue weighted by atomic mass is 16.7. The molecule has 0 saturated carbocycles. The van der Waals surface area contributed by atoms with Crippen molar-refractivity contribution in [1.29, 1.82) is 0 Å². The number of cyclic esters (lactones) is 1. The molecule has 1 amide bonds. The highest BCUT2D eigenvalue weighted by Crippen LogP contribution is 2.40. The van der Waals surface area contributed by atoms with Gasteiger partial charge in [0, 0.05) is 43.1 Å². The molecule has 0 aliphatic carbocycles. The molecule has 13 atom stereocenters. The predicted octanol–water partition coefficient (Wildman–Crippen LogP) is 2.78. The Hall–Kier alpha value is -2.56. The maximum absolute atomic E-state index is 14.2. The monoisotopic (exact) mass is 711 g/mol. The van der Waals surface area contributed by atoms with E-state index >= 15 is 0 Å². The molecule has 0 aromatic rings. The SMILES string of the molecule is CC[C@H]1OC(=O)[C@H](C)C(=O)[C@H](C)[C@@H](O[C@@H]2OC(C)CC(N)C2O)[C@](C)(OC)C[C@@H](C)CN[C@H](CCN)[C@H]2N(CCCCN=[N+]=[N-])C(=O)O[C@]12C. The van der Waals surface area contributed by atoms with E-state index in [1.165, 1.54) is 6.92 Å². The average Bonchev–Trinajstić information content (AvgIpc) is 3.33. The van der Waals surface area contributed by atoms with Crippen molar-refractivity contribution in [3.63, 3.8) is 0 Å². The Bertz CT molecular complexity index is 1210. The first kappa shape index (κ1) is 41.9. The molecule has 6 N–H and O–H groups in total. The third kappa shape index (κ3) is 9.45. The van der Waals surface area contributed by atoms with Gasteiger partial charge in [-0.15, -0.1) is 0 Å². The fourth-order valence-corrected chi connectivity index (χ4v) is 7.97. The Morgan fingerprint density at radius 1 is 1.18 bits per heavy atom. The number of Topliss-reactive ketones (excluding diaryl/α,β-unsaturated/α-hetero) is 1. The summed E-state index contributed by atoms with van der Waals surface area (Å²) >= 11 is 0. The van der Waals surface area contributed by atoms with Gasteiger partial charge >= 0.3 is 12.1 Å². The predicted molar refractivity (Wildman–Crippen MR) is 185 cm³/mol. The van der Waals surface area contributed by atoms with Gasteiger partial charge in [-0.2, -0.15) is 0 Å². The molecule has 0 aromatic heterocycles. The lowest BCUT2D eigenvalue weighted by molar-refractivity contribution is -0.288. The number of nitrogens with zero attached hydrogens (tertiary/aromatic N) is 4. The number of aliphatic hydroxyl groups excluding tert-OH is 1. The van der Waals surface area contributed by atoms with E-state index in [2.05, 4.69) is 15.3 Å². The number of carbonyl (C=O) groups excluding carboxylic acids is 3. The van der Waals surface area contributed by atoms with E-state index in [1.807, 2.05) is 27.7 Å². The van der Waals surface area contributed by atoms with Gasteiger partial charge in [-0.05, 0) is 90.8 Å². The first-order chi connectivity index (χ1) is 23.6. The van der Waals surface area contributed by atoms with E-state index in [0.717, 1.165) is 0 Å². The van der Waals surface area contributed by atoms with Gasteiger partial charge in [-0.3, -0.25) is 14.5 Å². The van der Waals surface area contributed by atoms with Crippen molar-refractivity contribution in [1.82, 2.24) is 10.2 Å². The third-order valence-corrected chi connectivity index (χ3v) is 10.8. The van der Waals surface area contributed by atoms with Crippen molar-refractivity contribution in [2.24, 2.45) is 34.3 Å². The number of nitrogens with two attached hydrogens (primary N) is 2. The van der Waals surface area contributed by atoms with E-state index < -0.39 is 77.6 Å². The largest absolute Gasteiger partial charge is 0.458 e. The van der Waals surface area contributed by atoms with Crippen LogP contribution in [0, 0.1) is 17.8 Å². The number of fused-ring (bicyclic) bond motifs is 1. The lowest BCUT2D eigenvalue weighted by Gasteiger charge is -2.45. The van der Waals surface area contributed by atoms with Crippen LogP contribution in [0.5, 0.6) is 0 Å². The minimum Gasteiger partial charge on any atom is -0.458 e. The van der Waals surface area contributed by atoms with Crippen LogP contribution in [-0.4, -0.2) is 121 Å². The van der Waals surface area contributed by atoms with Gasteiger partial charge < -0.3 is 45.6 Å². The van der Waals surface area contributed by atoms with Crippen LogP contribution in [0.4, 0.5) is 4.79 Å². The smallest absolute Gasteiger partial charge is 0.410 e. The number of carbonyl (C=O) groups is 3. The Morgan fingerprint density at radius 2 is 1.88 bits per heavy atom. The second-order valence-corrected chi connectivity index (χ2v) is 14.8.